The Morgan fingerprint density at radius 1 is 1.12 bits per heavy atom. The summed E-state index contributed by atoms with van der Waals surface area (Å²) in [6.45, 7) is 4.89. The van der Waals surface area contributed by atoms with Crippen molar-refractivity contribution in [3.8, 4) is 0 Å². The van der Waals surface area contributed by atoms with E-state index >= 15 is 0 Å². The van der Waals surface area contributed by atoms with Crippen LogP contribution >= 0.6 is 0 Å². The van der Waals surface area contributed by atoms with Gasteiger partial charge in [-0.25, -0.2) is 0 Å². The van der Waals surface area contributed by atoms with Gasteiger partial charge in [0.15, 0.2) is 0 Å². The van der Waals surface area contributed by atoms with Crippen molar-refractivity contribution < 1.29 is 0 Å². The number of hydrogen-bond donors (Lipinski definition) is 0. The molecule has 0 unspecified atom stereocenters. The Morgan fingerprint density at radius 3 is 1.88 bits per heavy atom. The lowest BCUT2D eigenvalue weighted by molar-refractivity contribution is 0.886. The molecule has 0 heterocycles. The van der Waals surface area contributed by atoms with Crippen LogP contribution in [0, 0.1) is 5.54 Å². The van der Waals surface area contributed by atoms with E-state index in [2.05, 4.69) is 13.1 Å². The summed E-state index contributed by atoms with van der Waals surface area (Å²) >= 11 is 0. The summed E-state index contributed by atoms with van der Waals surface area (Å²) in [6, 6.07) is 0. The summed E-state index contributed by atoms with van der Waals surface area (Å²) in [4.78, 5) is 0. The van der Waals surface area contributed by atoms with E-state index in [4.69, 9.17) is 0 Å². The monoisotopic (exact) mass is 127 g/mol. The molecular formula is C7H15Si. The third kappa shape index (κ3) is 1.34. The molecule has 1 fully saturated rings. The highest BCUT2D eigenvalue weighted by Gasteiger charge is 2.18. The fourth-order valence-electron chi connectivity index (χ4n) is 1.41. The Hall–Kier alpha value is 0.217. The summed E-state index contributed by atoms with van der Waals surface area (Å²) in [6.07, 6.45) is 5.93. The zero-order chi connectivity index (χ0) is 5.98. The highest BCUT2D eigenvalue weighted by molar-refractivity contribution is 6.62. The van der Waals surface area contributed by atoms with Gasteiger partial charge in [-0.1, -0.05) is 38.8 Å². The summed E-state index contributed by atoms with van der Waals surface area (Å²) in [5, 5.41) is 0. The number of hydrogen-bond acceptors (Lipinski definition) is 0. The van der Waals surface area contributed by atoms with Gasteiger partial charge in [0.2, 0.25) is 0 Å². The van der Waals surface area contributed by atoms with Crippen molar-refractivity contribution >= 4 is 8.80 Å². The van der Waals surface area contributed by atoms with E-state index < -0.39 is 0 Å². The van der Waals surface area contributed by atoms with Crippen LogP contribution in [0.4, 0.5) is 0 Å². The van der Waals surface area contributed by atoms with E-state index in [0.717, 1.165) is 0 Å². The highest BCUT2D eigenvalue weighted by Crippen LogP contribution is 2.28. The molecule has 0 saturated heterocycles. The van der Waals surface area contributed by atoms with E-state index in [1.807, 2.05) is 5.54 Å². The first kappa shape index (κ1) is 6.34. The molecule has 0 aliphatic heterocycles. The molecule has 0 bridgehead atoms. The van der Waals surface area contributed by atoms with Crippen LogP contribution in [0.15, 0.2) is 0 Å². The average molecular weight is 127 g/mol. The van der Waals surface area contributed by atoms with Crippen molar-refractivity contribution in [2.45, 2.75) is 38.8 Å². The van der Waals surface area contributed by atoms with Crippen LogP contribution in [0.5, 0.6) is 0 Å². The van der Waals surface area contributed by atoms with Crippen LogP contribution in [0.2, 0.25) is 13.1 Å². The highest BCUT2D eigenvalue weighted by atomic mass is 28.3. The second-order valence-electron chi connectivity index (χ2n) is 3.02. The van der Waals surface area contributed by atoms with Gasteiger partial charge in [0, 0.05) is 8.80 Å². The smallest absolute Gasteiger partial charge is 0.0375 e. The zero-order valence-electron chi connectivity index (χ0n) is 5.91. The maximum Gasteiger partial charge on any atom is 0.0375 e. The normalized spacial score (nSPS) is 22.9. The lowest BCUT2D eigenvalue weighted by atomic mass is 10.4. The van der Waals surface area contributed by atoms with Crippen molar-refractivity contribution in [3.05, 3.63) is 5.54 Å². The minimum absolute atomic E-state index is 0.306. The molecule has 0 aromatic heterocycles. The topological polar surface area (TPSA) is 0 Å². The predicted octanol–water partition coefficient (Wildman–Crippen LogP) is 2.16. The molecule has 0 nitrogen and oxygen atoms in total. The van der Waals surface area contributed by atoms with Gasteiger partial charge >= 0.3 is 0 Å². The van der Waals surface area contributed by atoms with E-state index in [1.54, 1.807) is 0 Å². The van der Waals surface area contributed by atoms with Crippen molar-refractivity contribution in [1.82, 2.24) is 0 Å². The van der Waals surface area contributed by atoms with Gasteiger partial charge < -0.3 is 0 Å². The van der Waals surface area contributed by atoms with Gasteiger partial charge in [0.1, 0.15) is 0 Å². The lowest BCUT2D eigenvalue weighted by Gasteiger charge is -2.09. The van der Waals surface area contributed by atoms with Crippen LogP contribution in [0.3, 0.4) is 0 Å². The van der Waals surface area contributed by atoms with Gasteiger partial charge in [0.25, 0.3) is 0 Å². The molecule has 0 aromatic carbocycles. The van der Waals surface area contributed by atoms with Crippen LogP contribution < -0.4 is 0 Å². The second kappa shape index (κ2) is 2.67. The van der Waals surface area contributed by atoms with Gasteiger partial charge in [0.05, 0.1) is 0 Å². The minimum atomic E-state index is -0.306. The Labute approximate surface area is 53.9 Å². The molecule has 1 rings (SSSR count). The molecule has 0 N–H and O–H groups in total. The Morgan fingerprint density at radius 2 is 1.62 bits per heavy atom. The Kier molecular flexibility index (Phi) is 2.12. The van der Waals surface area contributed by atoms with Crippen LogP contribution in [0.1, 0.15) is 25.7 Å². The lowest BCUT2D eigenvalue weighted by Crippen LogP contribution is -2.11. The summed E-state index contributed by atoms with van der Waals surface area (Å²) in [7, 11) is -0.306. The van der Waals surface area contributed by atoms with E-state index in [1.165, 1.54) is 25.7 Å². The maximum atomic E-state index is 2.45. The first-order valence-electron chi connectivity index (χ1n) is 3.65. The van der Waals surface area contributed by atoms with E-state index in [-0.39, 0.29) is 8.80 Å². The van der Waals surface area contributed by atoms with Crippen LogP contribution in [0.25, 0.3) is 0 Å². The third-order valence-electron chi connectivity index (χ3n) is 2.06. The van der Waals surface area contributed by atoms with Gasteiger partial charge in [-0.3, -0.25) is 0 Å². The third-order valence-corrected chi connectivity index (χ3v) is 4.27. The standard InChI is InChI=1S/C7H15Si/c1-8(2)7-5-3-4-6-7/h8H,3-6H2,1-2H3. The number of rotatable bonds is 1. The van der Waals surface area contributed by atoms with Crippen LogP contribution in [-0.4, -0.2) is 8.80 Å². The fraction of sp³-hybridized carbons (Fsp3) is 0.857. The molecule has 47 valence electrons. The zero-order valence-corrected chi connectivity index (χ0v) is 7.06. The minimum Gasteiger partial charge on any atom is -0.0718 e. The van der Waals surface area contributed by atoms with E-state index in [0.29, 0.717) is 0 Å². The van der Waals surface area contributed by atoms with E-state index in [9.17, 15) is 0 Å². The molecule has 0 aromatic rings. The Balaban J connectivity index is 2.24. The molecule has 1 aliphatic carbocycles. The maximum absolute atomic E-state index is 2.45. The molecule has 0 amide bonds. The van der Waals surface area contributed by atoms with Gasteiger partial charge in [-0.15, -0.1) is 0 Å². The van der Waals surface area contributed by atoms with Crippen LogP contribution in [-0.2, 0) is 0 Å². The summed E-state index contributed by atoms with van der Waals surface area (Å²) in [5.41, 5.74) is 1.94. The Bertz CT molecular complexity index is 62.8. The first-order valence-corrected chi connectivity index (χ1v) is 6.54. The van der Waals surface area contributed by atoms with Crippen molar-refractivity contribution in [1.29, 1.82) is 0 Å². The van der Waals surface area contributed by atoms with Gasteiger partial charge in [-0.2, -0.15) is 0 Å². The van der Waals surface area contributed by atoms with Crippen molar-refractivity contribution in [3.63, 3.8) is 0 Å². The quantitative estimate of drug-likeness (QED) is 0.473. The average Bonchev–Trinajstić information content (AvgIpc) is 2.12. The molecule has 1 aliphatic rings. The molecule has 1 radical (unpaired) electrons. The molecule has 1 saturated carbocycles. The second-order valence-corrected chi connectivity index (χ2v) is 6.15. The molecule has 0 spiro atoms. The van der Waals surface area contributed by atoms with Crippen molar-refractivity contribution in [2.24, 2.45) is 0 Å². The summed E-state index contributed by atoms with van der Waals surface area (Å²) in [5.74, 6) is 0. The fourth-order valence-corrected chi connectivity index (χ4v) is 2.97. The first-order chi connectivity index (χ1) is 3.80. The predicted molar refractivity (Wildman–Crippen MR) is 40.6 cm³/mol. The molecule has 8 heavy (non-hydrogen) atoms. The molecule has 1 heteroatoms. The van der Waals surface area contributed by atoms with Gasteiger partial charge in [-0.05, 0) is 5.54 Å². The van der Waals surface area contributed by atoms with Crippen molar-refractivity contribution in [2.75, 3.05) is 0 Å². The summed E-state index contributed by atoms with van der Waals surface area (Å²) < 4.78 is 0. The molecular weight excluding hydrogens is 112 g/mol. The molecule has 0 atom stereocenters. The SMILES string of the molecule is C[SiH](C)[C]1CCCC1. The largest absolute Gasteiger partial charge is 0.0718 e.